The maximum atomic E-state index is 12.8. The van der Waals surface area contributed by atoms with Gasteiger partial charge < -0.3 is 15.2 Å². The first-order chi connectivity index (χ1) is 11.9. The van der Waals surface area contributed by atoms with Crippen LogP contribution in [0.5, 0.6) is 11.5 Å². The van der Waals surface area contributed by atoms with Gasteiger partial charge in [-0.05, 0) is 26.1 Å². The largest absolute Gasteiger partial charge is 0.504 e. The second-order valence-electron chi connectivity index (χ2n) is 5.33. The summed E-state index contributed by atoms with van der Waals surface area (Å²) in [5.74, 6) is -0.525. The van der Waals surface area contributed by atoms with Crippen molar-refractivity contribution in [1.29, 1.82) is 0 Å². The predicted octanol–water partition coefficient (Wildman–Crippen LogP) is 2.13. The Kier molecular flexibility index (Phi) is 4.61. The minimum absolute atomic E-state index is 0.0200. The SMILES string of the molecule is CCN1C(=O)C(=C2Nc3cc(O)c(OC)cc3S2)C(=O)N(CC)C1=S. The first-order valence-corrected chi connectivity index (χ1v) is 8.93. The Morgan fingerprint density at radius 2 is 1.80 bits per heavy atom. The van der Waals surface area contributed by atoms with E-state index in [1.807, 2.05) is 13.8 Å². The fourth-order valence-electron chi connectivity index (χ4n) is 2.70. The molecule has 0 saturated carbocycles. The molecular formula is C16H17N3O4S2. The number of phenols is 1. The molecule has 2 aliphatic rings. The number of hydrogen-bond donors (Lipinski definition) is 2. The number of methoxy groups -OCH3 is 1. The highest BCUT2D eigenvalue weighted by atomic mass is 32.2. The Balaban J connectivity index is 2.06. The minimum atomic E-state index is -0.416. The van der Waals surface area contributed by atoms with Crippen molar-refractivity contribution in [3.63, 3.8) is 0 Å². The summed E-state index contributed by atoms with van der Waals surface area (Å²) in [5, 5.41) is 13.6. The molecular weight excluding hydrogens is 362 g/mol. The number of anilines is 1. The molecule has 1 saturated heterocycles. The van der Waals surface area contributed by atoms with Crippen LogP contribution in [0.3, 0.4) is 0 Å². The number of aromatic hydroxyl groups is 1. The smallest absolute Gasteiger partial charge is 0.268 e. The van der Waals surface area contributed by atoms with Gasteiger partial charge in [0, 0.05) is 30.1 Å². The summed E-state index contributed by atoms with van der Waals surface area (Å²) in [5.41, 5.74) is 0.669. The number of nitrogens with one attached hydrogen (secondary N) is 1. The van der Waals surface area contributed by atoms with Crippen molar-refractivity contribution in [1.82, 2.24) is 9.80 Å². The van der Waals surface area contributed by atoms with E-state index in [9.17, 15) is 14.7 Å². The quantitative estimate of drug-likeness (QED) is 0.473. The number of fused-ring (bicyclic) bond motifs is 1. The van der Waals surface area contributed by atoms with Gasteiger partial charge in [0.1, 0.15) is 5.57 Å². The number of phenolic OH excluding ortho intramolecular Hbond substituents is 1. The molecule has 132 valence electrons. The van der Waals surface area contributed by atoms with E-state index < -0.39 is 11.8 Å². The third kappa shape index (κ3) is 2.73. The van der Waals surface area contributed by atoms with Crippen molar-refractivity contribution >= 4 is 46.6 Å². The molecule has 1 aromatic carbocycles. The van der Waals surface area contributed by atoms with Crippen LogP contribution in [0, 0.1) is 0 Å². The summed E-state index contributed by atoms with van der Waals surface area (Å²) in [4.78, 5) is 29.1. The van der Waals surface area contributed by atoms with Crippen LogP contribution in [0.15, 0.2) is 27.6 Å². The zero-order valence-electron chi connectivity index (χ0n) is 14.0. The molecule has 1 aromatic rings. The van der Waals surface area contributed by atoms with Gasteiger partial charge >= 0.3 is 0 Å². The number of ether oxygens (including phenoxy) is 1. The van der Waals surface area contributed by atoms with Crippen molar-refractivity contribution in [2.75, 3.05) is 25.5 Å². The van der Waals surface area contributed by atoms with Crippen LogP contribution in [0.4, 0.5) is 5.69 Å². The third-order valence-corrected chi connectivity index (χ3v) is 5.49. The molecule has 0 aromatic heterocycles. The number of carbonyl (C=O) groups is 2. The van der Waals surface area contributed by atoms with E-state index in [2.05, 4.69) is 5.32 Å². The van der Waals surface area contributed by atoms with Crippen LogP contribution in [0.25, 0.3) is 0 Å². The number of thiocarbonyl (C=S) groups is 1. The Morgan fingerprint density at radius 3 is 2.32 bits per heavy atom. The summed E-state index contributed by atoms with van der Waals surface area (Å²) in [7, 11) is 1.46. The number of rotatable bonds is 3. The Morgan fingerprint density at radius 1 is 1.20 bits per heavy atom. The van der Waals surface area contributed by atoms with E-state index >= 15 is 0 Å². The average Bonchev–Trinajstić information content (AvgIpc) is 2.96. The van der Waals surface area contributed by atoms with Crippen molar-refractivity contribution in [3.05, 3.63) is 22.7 Å². The van der Waals surface area contributed by atoms with E-state index in [4.69, 9.17) is 17.0 Å². The van der Waals surface area contributed by atoms with Gasteiger partial charge in [0.25, 0.3) is 11.8 Å². The fourth-order valence-corrected chi connectivity index (χ4v) is 4.17. The molecule has 0 spiro atoms. The van der Waals surface area contributed by atoms with Crippen LogP contribution in [-0.4, -0.2) is 52.0 Å². The normalized spacial score (nSPS) is 17.2. The second-order valence-corrected chi connectivity index (χ2v) is 6.75. The second kappa shape index (κ2) is 6.57. The first kappa shape index (κ1) is 17.6. The van der Waals surface area contributed by atoms with Crippen LogP contribution in [-0.2, 0) is 9.59 Å². The van der Waals surface area contributed by atoms with E-state index in [-0.39, 0.29) is 16.4 Å². The van der Waals surface area contributed by atoms with E-state index in [1.165, 1.54) is 34.7 Å². The molecule has 2 aliphatic heterocycles. The molecule has 25 heavy (non-hydrogen) atoms. The number of amides is 2. The predicted molar refractivity (Wildman–Crippen MR) is 98.5 cm³/mol. The first-order valence-electron chi connectivity index (χ1n) is 7.70. The summed E-state index contributed by atoms with van der Waals surface area (Å²) in [6, 6.07) is 3.17. The molecule has 0 aliphatic carbocycles. The molecule has 0 radical (unpaired) electrons. The standard InChI is InChI=1S/C16H17N3O4S2/c1-4-18-14(21)12(15(22)19(5-2)16(18)24)13-17-8-6-9(20)10(23-3)7-11(8)25-13/h6-7,17,20H,4-5H2,1-3H3. The lowest BCUT2D eigenvalue weighted by atomic mass is 10.1. The summed E-state index contributed by atoms with van der Waals surface area (Å²) >= 11 is 6.51. The van der Waals surface area contributed by atoms with Gasteiger partial charge in [-0.25, -0.2) is 0 Å². The third-order valence-electron chi connectivity index (χ3n) is 3.98. The fraction of sp³-hybridized carbons (Fsp3) is 0.312. The number of benzene rings is 1. The van der Waals surface area contributed by atoms with Crippen molar-refractivity contribution < 1.29 is 19.4 Å². The molecule has 0 atom stereocenters. The number of thioether (sulfide) groups is 1. The molecule has 2 heterocycles. The van der Waals surface area contributed by atoms with Gasteiger partial charge in [-0.15, -0.1) is 0 Å². The monoisotopic (exact) mass is 379 g/mol. The molecule has 0 bridgehead atoms. The van der Waals surface area contributed by atoms with Gasteiger partial charge in [0.05, 0.1) is 17.8 Å². The maximum absolute atomic E-state index is 12.8. The van der Waals surface area contributed by atoms with Gasteiger partial charge in [0.15, 0.2) is 16.6 Å². The van der Waals surface area contributed by atoms with Crippen molar-refractivity contribution in [3.8, 4) is 11.5 Å². The molecule has 0 unspecified atom stereocenters. The topological polar surface area (TPSA) is 82.1 Å². The van der Waals surface area contributed by atoms with Gasteiger partial charge in [-0.3, -0.25) is 19.4 Å². The Hall–Kier alpha value is -2.26. The average molecular weight is 379 g/mol. The number of hydrogen-bond acceptors (Lipinski definition) is 7. The van der Waals surface area contributed by atoms with Gasteiger partial charge in [-0.2, -0.15) is 0 Å². The molecule has 3 rings (SSSR count). The lowest BCUT2D eigenvalue weighted by molar-refractivity contribution is -0.133. The van der Waals surface area contributed by atoms with E-state index in [0.717, 1.165) is 4.90 Å². The zero-order valence-corrected chi connectivity index (χ0v) is 15.6. The number of nitrogens with zero attached hydrogens (tertiary/aromatic N) is 2. The van der Waals surface area contributed by atoms with Crippen LogP contribution in [0.2, 0.25) is 0 Å². The van der Waals surface area contributed by atoms with Gasteiger partial charge in [0.2, 0.25) is 0 Å². The van der Waals surface area contributed by atoms with Gasteiger partial charge in [-0.1, -0.05) is 11.8 Å². The highest BCUT2D eigenvalue weighted by molar-refractivity contribution is 8.03. The molecule has 1 fully saturated rings. The Labute approximate surface area is 154 Å². The Bertz CT molecular complexity index is 794. The van der Waals surface area contributed by atoms with Crippen molar-refractivity contribution in [2.45, 2.75) is 18.7 Å². The van der Waals surface area contributed by atoms with Crippen molar-refractivity contribution in [2.24, 2.45) is 0 Å². The number of carbonyl (C=O) groups excluding carboxylic acids is 2. The van der Waals surface area contributed by atoms with Crippen LogP contribution in [0.1, 0.15) is 13.8 Å². The maximum Gasteiger partial charge on any atom is 0.268 e. The molecule has 2 amide bonds. The summed E-state index contributed by atoms with van der Waals surface area (Å²) in [6.45, 7) is 4.38. The zero-order chi connectivity index (χ0) is 18.3. The van der Waals surface area contributed by atoms with E-state index in [0.29, 0.717) is 29.6 Å². The molecule has 2 N–H and O–H groups in total. The van der Waals surface area contributed by atoms with Crippen LogP contribution < -0.4 is 10.1 Å². The summed E-state index contributed by atoms with van der Waals surface area (Å²) < 4.78 is 5.10. The molecule has 9 heteroatoms. The lowest BCUT2D eigenvalue weighted by Crippen LogP contribution is -2.56. The van der Waals surface area contributed by atoms with Crippen LogP contribution >= 0.6 is 24.0 Å². The highest BCUT2D eigenvalue weighted by Gasteiger charge is 2.41. The minimum Gasteiger partial charge on any atom is -0.504 e. The lowest BCUT2D eigenvalue weighted by Gasteiger charge is -2.35. The molecule has 7 nitrogen and oxygen atoms in total. The van der Waals surface area contributed by atoms with E-state index in [1.54, 1.807) is 6.07 Å². The highest BCUT2D eigenvalue weighted by Crippen LogP contribution is 2.47. The number of likely N-dealkylation sites (N-methyl/N-ethyl adjacent to an activating group) is 2. The summed E-state index contributed by atoms with van der Waals surface area (Å²) in [6.07, 6.45) is 0.